The molecule has 0 aliphatic carbocycles. The highest BCUT2D eigenvalue weighted by atomic mass is 16.5. The Morgan fingerprint density at radius 2 is 0.952 bits per heavy atom. The Kier molecular flexibility index (Phi) is 232. The molecule has 1 rings (SSSR count). The summed E-state index contributed by atoms with van der Waals surface area (Å²) in [6, 6.07) is 8.88. The molecule has 0 atom stereocenters. The second kappa shape index (κ2) is 51.7. The van der Waals surface area contributed by atoms with E-state index in [-0.39, 0.29) is 73.6 Å². The first-order chi connectivity index (χ1) is 4.84. The summed E-state index contributed by atoms with van der Waals surface area (Å²) < 4.78 is 4.50. The van der Waals surface area contributed by atoms with Crippen molar-refractivity contribution < 1.29 is 9.53 Å². The van der Waals surface area contributed by atoms with Gasteiger partial charge in [-0.05, 0) is 12.1 Å². The quantitative estimate of drug-likeness (QED) is 0.330. The van der Waals surface area contributed by atoms with Gasteiger partial charge >= 0.3 is 5.97 Å². The molecule has 0 aromatic heterocycles. The number of hydrogen-bond donors (Lipinski definition) is 11. The molecule has 0 saturated carbocycles. The standard InChI is InChI=1S/C8H8O2.11H3N/c1-10-8(9)7-5-3-2-4-6-7;;;;;;;;;;;/h2-6H,1H3;11*1H3. The molecule has 0 heterocycles. The zero-order chi connectivity index (χ0) is 7.40. The van der Waals surface area contributed by atoms with Crippen molar-refractivity contribution in [1.29, 1.82) is 0 Å². The van der Waals surface area contributed by atoms with Gasteiger partial charge in [0.05, 0.1) is 12.7 Å². The first-order valence-electron chi connectivity index (χ1n) is 2.98. The number of carbonyl (C=O) groups excluding carboxylic acids is 1. The van der Waals surface area contributed by atoms with Crippen LogP contribution in [0, 0.1) is 0 Å². The summed E-state index contributed by atoms with van der Waals surface area (Å²) in [7, 11) is 1.37. The lowest BCUT2D eigenvalue weighted by atomic mass is 10.2. The minimum absolute atomic E-state index is 0. The fourth-order valence-electron chi connectivity index (χ4n) is 0.692. The largest absolute Gasteiger partial charge is 0.465 e. The maximum Gasteiger partial charge on any atom is 0.337 e. The van der Waals surface area contributed by atoms with Crippen molar-refractivity contribution in [3.8, 4) is 0 Å². The molecular weight excluding hydrogens is 282 g/mol. The molecule has 140 valence electrons. The number of esters is 1. The maximum atomic E-state index is 10.8. The Balaban J connectivity index is -0.0000000101. The van der Waals surface area contributed by atoms with Crippen LogP contribution < -0.4 is 67.7 Å². The van der Waals surface area contributed by atoms with Crippen molar-refractivity contribution in [1.82, 2.24) is 67.7 Å². The molecule has 0 radical (unpaired) electrons. The number of benzene rings is 1. The number of ether oxygens (including phenoxy) is 1. The molecule has 13 heteroatoms. The van der Waals surface area contributed by atoms with Crippen molar-refractivity contribution in [3.05, 3.63) is 35.9 Å². The minimum Gasteiger partial charge on any atom is -0.465 e. The molecule has 0 spiro atoms. The van der Waals surface area contributed by atoms with Gasteiger partial charge in [-0.1, -0.05) is 18.2 Å². The number of methoxy groups -OCH3 is 1. The zero-order valence-corrected chi connectivity index (χ0v) is 13.5. The predicted octanol–water partition coefficient (Wildman–Crippen LogP) is 3.26. The van der Waals surface area contributed by atoms with E-state index in [0.29, 0.717) is 5.56 Å². The van der Waals surface area contributed by atoms with E-state index in [9.17, 15) is 4.79 Å². The second-order valence-corrected chi connectivity index (χ2v) is 1.86. The molecule has 0 aliphatic heterocycles. The summed E-state index contributed by atoms with van der Waals surface area (Å²) in [5, 5.41) is 0. The molecule has 0 bridgehead atoms. The summed E-state index contributed by atoms with van der Waals surface area (Å²) >= 11 is 0. The molecule has 0 aliphatic rings. The van der Waals surface area contributed by atoms with Crippen LogP contribution in [0.15, 0.2) is 30.3 Å². The van der Waals surface area contributed by atoms with Crippen molar-refractivity contribution in [2.24, 2.45) is 0 Å². The van der Waals surface area contributed by atoms with E-state index in [1.807, 2.05) is 6.07 Å². The Bertz CT molecular complexity index is 237. The SMILES string of the molecule is COC(=O)c1ccccc1.N.N.N.N.N.N.N.N.N.N.N. The van der Waals surface area contributed by atoms with Gasteiger partial charge in [-0.25, -0.2) is 4.79 Å². The molecule has 0 amide bonds. The zero-order valence-electron chi connectivity index (χ0n) is 13.5. The fraction of sp³-hybridized carbons (Fsp3) is 0.125. The predicted molar refractivity (Wildman–Crippen MR) is 93.0 cm³/mol. The van der Waals surface area contributed by atoms with Gasteiger partial charge < -0.3 is 72.4 Å². The summed E-state index contributed by atoms with van der Waals surface area (Å²) in [5.41, 5.74) is 0.588. The second-order valence-electron chi connectivity index (χ2n) is 1.86. The Labute approximate surface area is 127 Å². The first-order valence-corrected chi connectivity index (χ1v) is 2.98. The molecule has 1 aromatic rings. The third-order valence-corrected chi connectivity index (χ3v) is 1.19. The molecule has 13 nitrogen and oxygen atoms in total. The summed E-state index contributed by atoms with van der Waals surface area (Å²) in [6.07, 6.45) is 0. The van der Waals surface area contributed by atoms with Gasteiger partial charge in [0.15, 0.2) is 0 Å². The average molecular weight is 323 g/mol. The van der Waals surface area contributed by atoms with E-state index in [4.69, 9.17) is 0 Å². The van der Waals surface area contributed by atoms with E-state index >= 15 is 0 Å². The van der Waals surface area contributed by atoms with Gasteiger partial charge in [-0.15, -0.1) is 0 Å². The number of hydrogen-bond acceptors (Lipinski definition) is 13. The molecule has 33 N–H and O–H groups in total. The molecule has 0 saturated heterocycles. The lowest BCUT2D eigenvalue weighted by Crippen LogP contribution is -1.99. The normalized spacial score (nSPS) is 4.24. The lowest BCUT2D eigenvalue weighted by Gasteiger charge is -1.95. The summed E-state index contributed by atoms with van der Waals surface area (Å²) in [6.45, 7) is 0. The van der Waals surface area contributed by atoms with Gasteiger partial charge in [0.25, 0.3) is 0 Å². The third-order valence-electron chi connectivity index (χ3n) is 1.19. The highest BCUT2D eigenvalue weighted by Crippen LogP contribution is 1.98. The van der Waals surface area contributed by atoms with Gasteiger partial charge in [-0.2, -0.15) is 0 Å². The Morgan fingerprint density at radius 3 is 1.19 bits per heavy atom. The fourth-order valence-corrected chi connectivity index (χ4v) is 0.692. The summed E-state index contributed by atoms with van der Waals surface area (Å²) in [4.78, 5) is 10.8. The van der Waals surface area contributed by atoms with Crippen LogP contribution in [0.25, 0.3) is 0 Å². The lowest BCUT2D eigenvalue weighted by molar-refractivity contribution is 0.0600. The van der Waals surface area contributed by atoms with Gasteiger partial charge in [0.1, 0.15) is 0 Å². The molecule has 0 fully saturated rings. The van der Waals surface area contributed by atoms with Gasteiger partial charge in [0, 0.05) is 0 Å². The number of rotatable bonds is 1. The minimum atomic E-state index is -0.291. The average Bonchev–Trinajstić information content (AvgIpc) is 2.05. The molecular formula is C8H41N11O2. The number of carbonyl (C=O) groups is 1. The van der Waals surface area contributed by atoms with Crippen molar-refractivity contribution in [2.75, 3.05) is 7.11 Å². The monoisotopic (exact) mass is 323 g/mol. The van der Waals surface area contributed by atoms with Gasteiger partial charge in [-0.3, -0.25) is 0 Å². The van der Waals surface area contributed by atoms with Crippen molar-refractivity contribution in [3.63, 3.8) is 0 Å². The van der Waals surface area contributed by atoms with E-state index in [0.717, 1.165) is 0 Å². The van der Waals surface area contributed by atoms with Crippen LogP contribution in [-0.4, -0.2) is 13.1 Å². The first kappa shape index (κ1) is 94.2. The van der Waals surface area contributed by atoms with Crippen LogP contribution in [0.5, 0.6) is 0 Å². The van der Waals surface area contributed by atoms with E-state index in [1.54, 1.807) is 24.3 Å². The molecule has 21 heavy (non-hydrogen) atoms. The highest BCUT2D eigenvalue weighted by molar-refractivity contribution is 5.89. The van der Waals surface area contributed by atoms with Crippen LogP contribution in [0.3, 0.4) is 0 Å². The van der Waals surface area contributed by atoms with Crippen LogP contribution in [-0.2, 0) is 4.74 Å². The third kappa shape index (κ3) is 32.1. The van der Waals surface area contributed by atoms with Crippen LogP contribution in [0.4, 0.5) is 0 Å². The molecule has 0 unspecified atom stereocenters. The smallest absolute Gasteiger partial charge is 0.337 e. The van der Waals surface area contributed by atoms with Crippen LogP contribution >= 0.6 is 0 Å². The Hall–Kier alpha value is -1.75. The maximum absolute atomic E-state index is 10.8. The topological polar surface area (TPSA) is 411 Å². The highest BCUT2D eigenvalue weighted by Gasteiger charge is 2.00. The molecule has 1 aromatic carbocycles. The van der Waals surface area contributed by atoms with Crippen LogP contribution in [0.2, 0.25) is 0 Å². The van der Waals surface area contributed by atoms with Crippen molar-refractivity contribution in [2.45, 2.75) is 0 Å². The van der Waals surface area contributed by atoms with E-state index in [2.05, 4.69) is 4.74 Å². The van der Waals surface area contributed by atoms with E-state index < -0.39 is 0 Å². The van der Waals surface area contributed by atoms with Crippen LogP contribution in [0.1, 0.15) is 10.4 Å². The van der Waals surface area contributed by atoms with Gasteiger partial charge in [0.2, 0.25) is 0 Å². The summed E-state index contributed by atoms with van der Waals surface area (Å²) in [5.74, 6) is -0.291. The Morgan fingerprint density at radius 1 is 0.667 bits per heavy atom. The van der Waals surface area contributed by atoms with E-state index in [1.165, 1.54) is 7.11 Å². The van der Waals surface area contributed by atoms with Crippen molar-refractivity contribution >= 4 is 5.97 Å².